The number of rotatable bonds is 5. The molecule has 120 valence electrons. The molecule has 1 rings (SSSR count). The molecule has 0 fully saturated rings. The lowest BCUT2D eigenvalue weighted by Gasteiger charge is -2.17. The third kappa shape index (κ3) is 4.14. The maximum atomic E-state index is 12.7. The second-order valence-electron chi connectivity index (χ2n) is 3.49. The van der Waals surface area contributed by atoms with E-state index in [9.17, 15) is 30.4 Å². The predicted molar refractivity (Wildman–Crippen MR) is 60.6 cm³/mol. The number of nitrogens with zero attached hydrogens (tertiary/aromatic N) is 1. The largest absolute Gasteiger partial charge is 0.523 e. The molecule has 1 atom stereocenters. The van der Waals surface area contributed by atoms with Gasteiger partial charge in [-0.15, -0.1) is 0 Å². The molecule has 0 amide bonds. The van der Waals surface area contributed by atoms with Crippen molar-refractivity contribution in [2.75, 3.05) is 7.11 Å². The van der Waals surface area contributed by atoms with Crippen LogP contribution in [-0.2, 0) is 14.3 Å². The van der Waals surface area contributed by atoms with Gasteiger partial charge in [-0.2, -0.15) is 21.6 Å². The summed E-state index contributed by atoms with van der Waals surface area (Å²) in [7, 11) is -5.02. The molecule has 0 aromatic carbocycles. The molecule has 5 nitrogen and oxygen atoms in total. The maximum Gasteiger partial charge on any atom is 0.523 e. The number of pyridine rings is 1. The van der Waals surface area contributed by atoms with Crippen LogP contribution < -0.4 is 4.74 Å². The molecule has 1 aromatic heterocycles. The van der Waals surface area contributed by atoms with Gasteiger partial charge in [0.2, 0.25) is 0 Å². The fourth-order valence-corrected chi connectivity index (χ4v) is 1.95. The molecule has 0 saturated carbocycles. The van der Waals surface area contributed by atoms with Crippen molar-refractivity contribution < 1.29 is 39.3 Å². The van der Waals surface area contributed by atoms with Crippen molar-refractivity contribution in [3.63, 3.8) is 0 Å². The molecule has 0 aliphatic rings. The Morgan fingerprint density at radius 3 is 2.29 bits per heavy atom. The number of hydrogen-bond acceptors (Lipinski definition) is 5. The molecule has 1 heterocycles. The standard InChI is InChI=1S/C9H7ClF5NO4S/c1-19-6-3-16-5(2-4(6)10)7(8(11)12)20-21(17,18)9(13,14)15/h2-3,7-8H,1H3. The van der Waals surface area contributed by atoms with E-state index < -0.39 is 33.8 Å². The third-order valence-corrected chi connectivity index (χ3v) is 3.42. The highest BCUT2D eigenvalue weighted by Crippen LogP contribution is 2.34. The van der Waals surface area contributed by atoms with E-state index in [1.807, 2.05) is 0 Å². The second-order valence-corrected chi connectivity index (χ2v) is 5.47. The van der Waals surface area contributed by atoms with Crippen molar-refractivity contribution in [1.82, 2.24) is 4.98 Å². The Kier molecular flexibility index (Phi) is 5.34. The van der Waals surface area contributed by atoms with Crippen LogP contribution in [0.15, 0.2) is 12.3 Å². The van der Waals surface area contributed by atoms with Crippen molar-refractivity contribution in [2.24, 2.45) is 0 Å². The van der Waals surface area contributed by atoms with Gasteiger partial charge in [0.15, 0.2) is 11.9 Å². The van der Waals surface area contributed by atoms with Crippen LogP contribution in [0.5, 0.6) is 5.75 Å². The van der Waals surface area contributed by atoms with Gasteiger partial charge in [-0.25, -0.2) is 13.0 Å². The van der Waals surface area contributed by atoms with Crippen LogP contribution in [0.3, 0.4) is 0 Å². The van der Waals surface area contributed by atoms with Gasteiger partial charge in [0, 0.05) is 0 Å². The fourth-order valence-electron chi connectivity index (χ4n) is 1.15. The van der Waals surface area contributed by atoms with E-state index in [1.54, 1.807) is 0 Å². The number of halogens is 6. The van der Waals surface area contributed by atoms with Crippen LogP contribution in [0.25, 0.3) is 0 Å². The lowest BCUT2D eigenvalue weighted by Crippen LogP contribution is -2.29. The van der Waals surface area contributed by atoms with Crippen molar-refractivity contribution in [2.45, 2.75) is 18.0 Å². The quantitative estimate of drug-likeness (QED) is 0.461. The summed E-state index contributed by atoms with van der Waals surface area (Å²) in [5.41, 5.74) is -6.63. The van der Waals surface area contributed by atoms with Crippen LogP contribution >= 0.6 is 11.6 Å². The number of ether oxygens (including phenoxy) is 1. The zero-order chi connectivity index (χ0) is 16.4. The summed E-state index contributed by atoms with van der Waals surface area (Å²) >= 11 is 5.60. The average Bonchev–Trinajstić information content (AvgIpc) is 2.34. The zero-order valence-electron chi connectivity index (χ0n) is 10.1. The maximum absolute atomic E-state index is 12.7. The van der Waals surface area contributed by atoms with Crippen LogP contribution in [0, 0.1) is 0 Å². The van der Waals surface area contributed by atoms with Crippen molar-refractivity contribution in [1.29, 1.82) is 0 Å². The summed E-state index contributed by atoms with van der Waals surface area (Å²) in [6, 6.07) is 0.725. The topological polar surface area (TPSA) is 65.5 Å². The van der Waals surface area contributed by atoms with Gasteiger partial charge in [0.1, 0.15) is 0 Å². The van der Waals surface area contributed by atoms with Gasteiger partial charge in [-0.1, -0.05) is 11.6 Å². The van der Waals surface area contributed by atoms with E-state index in [1.165, 1.54) is 7.11 Å². The van der Waals surface area contributed by atoms with Gasteiger partial charge < -0.3 is 4.74 Å². The Morgan fingerprint density at radius 2 is 1.90 bits per heavy atom. The Morgan fingerprint density at radius 1 is 1.33 bits per heavy atom. The Labute approximate surface area is 120 Å². The van der Waals surface area contributed by atoms with Crippen molar-refractivity contribution in [3.05, 3.63) is 23.0 Å². The zero-order valence-corrected chi connectivity index (χ0v) is 11.6. The molecule has 0 bridgehead atoms. The first-order valence-electron chi connectivity index (χ1n) is 4.96. The van der Waals surface area contributed by atoms with E-state index >= 15 is 0 Å². The second kappa shape index (κ2) is 6.28. The summed E-state index contributed by atoms with van der Waals surface area (Å²) in [6.07, 6.45) is -5.49. The van der Waals surface area contributed by atoms with Crippen LogP contribution in [0.4, 0.5) is 22.0 Å². The molecule has 1 unspecified atom stereocenters. The number of hydrogen-bond donors (Lipinski definition) is 0. The summed E-state index contributed by atoms with van der Waals surface area (Å²) in [6.45, 7) is 0. The van der Waals surface area contributed by atoms with E-state index in [0.717, 1.165) is 12.3 Å². The monoisotopic (exact) mass is 355 g/mol. The molecule has 1 aromatic rings. The molecule has 0 aliphatic carbocycles. The molecular formula is C9H7ClF5NO4S. The van der Waals surface area contributed by atoms with E-state index in [-0.39, 0.29) is 10.8 Å². The van der Waals surface area contributed by atoms with Crippen LogP contribution in [-0.4, -0.2) is 32.4 Å². The first-order valence-corrected chi connectivity index (χ1v) is 6.75. The highest BCUT2D eigenvalue weighted by atomic mass is 35.5. The van der Waals surface area contributed by atoms with E-state index in [2.05, 4.69) is 13.9 Å². The minimum Gasteiger partial charge on any atom is -0.494 e. The first kappa shape index (κ1) is 17.9. The van der Waals surface area contributed by atoms with Gasteiger partial charge in [-0.3, -0.25) is 4.98 Å². The summed E-state index contributed by atoms with van der Waals surface area (Å²) in [5, 5.41) is -0.249. The Hall–Kier alpha value is -1.20. The third-order valence-electron chi connectivity index (χ3n) is 2.09. The van der Waals surface area contributed by atoms with Crippen LogP contribution in [0.1, 0.15) is 11.8 Å². The Balaban J connectivity index is 3.18. The van der Waals surface area contributed by atoms with Crippen LogP contribution in [0.2, 0.25) is 5.02 Å². The highest BCUT2D eigenvalue weighted by Gasteiger charge is 2.50. The number of alkyl halides is 5. The van der Waals surface area contributed by atoms with Gasteiger partial charge in [0.25, 0.3) is 6.43 Å². The average molecular weight is 356 g/mol. The fraction of sp³-hybridized carbons (Fsp3) is 0.444. The smallest absolute Gasteiger partial charge is 0.494 e. The minimum atomic E-state index is -6.21. The van der Waals surface area contributed by atoms with Crippen molar-refractivity contribution in [3.8, 4) is 5.75 Å². The molecule has 0 spiro atoms. The molecule has 12 heteroatoms. The molecule has 0 N–H and O–H groups in total. The normalized spacial score (nSPS) is 14.3. The summed E-state index contributed by atoms with van der Waals surface area (Å²) in [5.74, 6) is -0.0351. The summed E-state index contributed by atoms with van der Waals surface area (Å²) < 4.78 is 91.7. The minimum absolute atomic E-state index is 0.0351. The van der Waals surface area contributed by atoms with Gasteiger partial charge >= 0.3 is 15.6 Å². The molecule has 21 heavy (non-hydrogen) atoms. The van der Waals surface area contributed by atoms with E-state index in [0.29, 0.717) is 0 Å². The highest BCUT2D eigenvalue weighted by molar-refractivity contribution is 7.87. The SMILES string of the molecule is COc1cnc(C(OS(=O)(=O)C(F)(F)F)C(F)F)cc1Cl. The molecular weight excluding hydrogens is 349 g/mol. The lowest BCUT2D eigenvalue weighted by molar-refractivity contribution is -0.0672. The van der Waals surface area contributed by atoms with Gasteiger partial charge in [0.05, 0.1) is 24.0 Å². The van der Waals surface area contributed by atoms with Crippen molar-refractivity contribution >= 4 is 21.7 Å². The molecule has 0 radical (unpaired) electrons. The molecule has 0 aliphatic heterocycles. The first-order chi connectivity index (χ1) is 9.49. The summed E-state index contributed by atoms with van der Waals surface area (Å²) in [4.78, 5) is 3.35. The van der Waals surface area contributed by atoms with Gasteiger partial charge in [-0.05, 0) is 6.07 Å². The lowest BCUT2D eigenvalue weighted by atomic mass is 10.2. The Bertz CT molecular complexity index is 607. The number of aromatic nitrogens is 1. The number of methoxy groups -OCH3 is 1. The van der Waals surface area contributed by atoms with E-state index in [4.69, 9.17) is 11.6 Å². The predicted octanol–water partition coefficient (Wildman–Crippen LogP) is 2.92. The molecule has 0 saturated heterocycles.